The Kier molecular flexibility index (Phi) is 5.02. The number of alkyl halides is 2. The van der Waals surface area contributed by atoms with Crippen LogP contribution in [-0.4, -0.2) is 17.1 Å². The first kappa shape index (κ1) is 17.7. The zero-order valence-corrected chi connectivity index (χ0v) is 14.2. The van der Waals surface area contributed by atoms with Gasteiger partial charge in [0.1, 0.15) is 5.75 Å². The molecule has 0 aliphatic carbocycles. The van der Waals surface area contributed by atoms with Gasteiger partial charge in [0.15, 0.2) is 6.61 Å². The first-order valence-electron chi connectivity index (χ1n) is 8.07. The summed E-state index contributed by atoms with van der Waals surface area (Å²) in [6, 6.07) is 16.9. The Labute approximate surface area is 151 Å². The molecule has 1 amide bonds. The van der Waals surface area contributed by atoms with Gasteiger partial charge in [-0.3, -0.25) is 4.79 Å². The van der Waals surface area contributed by atoms with Gasteiger partial charge in [0.2, 0.25) is 0 Å². The summed E-state index contributed by atoms with van der Waals surface area (Å²) in [5.41, 5.74) is 0.812. The van der Waals surface area contributed by atoms with Crippen molar-refractivity contribution in [2.45, 2.75) is 12.8 Å². The Morgan fingerprint density at radius 1 is 1.08 bits per heavy atom. The molecule has 0 saturated carbocycles. The molecule has 0 radical (unpaired) electrons. The molecule has 2 aromatic carbocycles. The summed E-state index contributed by atoms with van der Waals surface area (Å²) in [6.07, 6.45) is 3.84. The van der Waals surface area contributed by atoms with Crippen LogP contribution in [0.15, 0.2) is 73.1 Å². The van der Waals surface area contributed by atoms with E-state index in [-0.39, 0.29) is 19.3 Å². The second kappa shape index (κ2) is 7.39. The van der Waals surface area contributed by atoms with Crippen molar-refractivity contribution in [3.8, 4) is 11.4 Å². The number of amides is 1. The van der Waals surface area contributed by atoms with Gasteiger partial charge < -0.3 is 14.6 Å². The van der Waals surface area contributed by atoms with Crippen LogP contribution in [0.2, 0.25) is 0 Å². The number of rotatable bonds is 6. The Morgan fingerprint density at radius 3 is 2.38 bits per heavy atom. The van der Waals surface area contributed by atoms with E-state index in [0.29, 0.717) is 5.75 Å². The van der Waals surface area contributed by atoms with Gasteiger partial charge in [-0.1, -0.05) is 18.2 Å². The average molecular weight is 358 g/mol. The standard InChI is InChI=1S/C20H18F2N2O2.H2/c1-20(21,22)17-6-2-3-7-18(17)23-19(25)14-26-16-10-8-15(9-11-16)24-12-4-5-13-24;/h2-13H,14H2,1H3,(H,23,25);1H. The molecule has 1 N–H and O–H groups in total. The fourth-order valence-electron chi connectivity index (χ4n) is 2.53. The fourth-order valence-corrected chi connectivity index (χ4v) is 2.53. The summed E-state index contributed by atoms with van der Waals surface area (Å²) in [5.74, 6) is -3.03. The van der Waals surface area contributed by atoms with Crippen LogP contribution in [0.25, 0.3) is 5.69 Å². The van der Waals surface area contributed by atoms with Crippen LogP contribution >= 0.6 is 0 Å². The Morgan fingerprint density at radius 2 is 1.73 bits per heavy atom. The SMILES string of the molecule is CC(F)(F)c1ccccc1NC(=O)COc1ccc(-n2cccc2)cc1.[HH]. The molecule has 3 rings (SSSR count). The van der Waals surface area contributed by atoms with Crippen LogP contribution < -0.4 is 10.1 Å². The summed E-state index contributed by atoms with van der Waals surface area (Å²) in [4.78, 5) is 12.0. The van der Waals surface area contributed by atoms with Crippen molar-refractivity contribution in [1.29, 1.82) is 0 Å². The lowest BCUT2D eigenvalue weighted by Gasteiger charge is -2.16. The molecular formula is C20H20F2N2O2. The van der Waals surface area contributed by atoms with Gasteiger partial charge in [-0.15, -0.1) is 0 Å². The summed E-state index contributed by atoms with van der Waals surface area (Å²) < 4.78 is 34.5. The highest BCUT2D eigenvalue weighted by Gasteiger charge is 2.27. The fraction of sp³-hybridized carbons (Fsp3) is 0.150. The smallest absolute Gasteiger partial charge is 0.272 e. The maximum Gasteiger partial charge on any atom is 0.272 e. The highest BCUT2D eigenvalue weighted by molar-refractivity contribution is 5.92. The summed E-state index contributed by atoms with van der Waals surface area (Å²) in [6.45, 7) is 0.521. The molecule has 136 valence electrons. The minimum atomic E-state index is -3.04. The predicted octanol–water partition coefficient (Wildman–Crippen LogP) is 4.85. The third-order valence-corrected chi connectivity index (χ3v) is 3.78. The number of aromatic nitrogens is 1. The number of para-hydroxylation sites is 1. The van der Waals surface area contributed by atoms with Gasteiger partial charge >= 0.3 is 0 Å². The first-order chi connectivity index (χ1) is 12.4. The molecule has 0 spiro atoms. The third kappa shape index (κ3) is 4.27. The molecular weight excluding hydrogens is 338 g/mol. The molecule has 1 heterocycles. The van der Waals surface area contributed by atoms with Crippen LogP contribution in [0.3, 0.4) is 0 Å². The van der Waals surface area contributed by atoms with Gasteiger partial charge in [-0.05, 0) is 42.5 Å². The van der Waals surface area contributed by atoms with Crippen molar-refractivity contribution in [3.63, 3.8) is 0 Å². The molecule has 1 aromatic heterocycles. The first-order valence-corrected chi connectivity index (χ1v) is 8.07. The molecule has 0 unspecified atom stereocenters. The number of hydrogen-bond donors (Lipinski definition) is 1. The lowest BCUT2D eigenvalue weighted by molar-refractivity contribution is -0.118. The maximum absolute atomic E-state index is 13.6. The number of nitrogens with one attached hydrogen (secondary N) is 1. The summed E-state index contributed by atoms with van der Waals surface area (Å²) >= 11 is 0. The van der Waals surface area contributed by atoms with Gasteiger partial charge in [0.25, 0.3) is 11.8 Å². The van der Waals surface area contributed by atoms with Crippen LogP contribution in [-0.2, 0) is 10.7 Å². The molecule has 0 bridgehead atoms. The predicted molar refractivity (Wildman–Crippen MR) is 98.0 cm³/mol. The van der Waals surface area contributed by atoms with Crippen LogP contribution in [0, 0.1) is 0 Å². The van der Waals surface area contributed by atoms with Crippen LogP contribution in [0.5, 0.6) is 5.75 Å². The molecule has 0 fully saturated rings. The van der Waals surface area contributed by atoms with Gasteiger partial charge in [-0.25, -0.2) is 8.78 Å². The second-order valence-corrected chi connectivity index (χ2v) is 5.86. The van der Waals surface area contributed by atoms with Gasteiger partial charge in [-0.2, -0.15) is 0 Å². The number of benzene rings is 2. The third-order valence-electron chi connectivity index (χ3n) is 3.78. The monoisotopic (exact) mass is 358 g/mol. The minimum Gasteiger partial charge on any atom is -0.484 e. The van der Waals surface area contributed by atoms with E-state index < -0.39 is 11.8 Å². The molecule has 0 saturated heterocycles. The van der Waals surface area contributed by atoms with Crippen molar-refractivity contribution in [2.75, 3.05) is 11.9 Å². The maximum atomic E-state index is 13.6. The molecule has 0 aliphatic heterocycles. The number of halogens is 2. The molecule has 0 atom stereocenters. The normalized spacial score (nSPS) is 11.2. The Hall–Kier alpha value is -3.15. The number of anilines is 1. The number of nitrogens with zero attached hydrogens (tertiary/aromatic N) is 1. The van der Waals surface area contributed by atoms with E-state index in [1.54, 1.807) is 18.2 Å². The zero-order valence-electron chi connectivity index (χ0n) is 14.2. The lowest BCUT2D eigenvalue weighted by Crippen LogP contribution is -2.22. The van der Waals surface area contributed by atoms with Crippen LogP contribution in [0.4, 0.5) is 14.5 Å². The molecule has 0 aliphatic rings. The topological polar surface area (TPSA) is 43.3 Å². The van der Waals surface area contributed by atoms with E-state index in [0.717, 1.165) is 12.6 Å². The summed E-state index contributed by atoms with van der Waals surface area (Å²) in [5, 5.41) is 2.47. The number of ether oxygens (including phenoxy) is 1. The lowest BCUT2D eigenvalue weighted by atomic mass is 10.1. The Bertz CT molecular complexity index is 876. The van der Waals surface area contributed by atoms with E-state index in [1.807, 2.05) is 41.2 Å². The number of carbonyl (C=O) groups excluding carboxylic acids is 1. The highest BCUT2D eigenvalue weighted by atomic mass is 19.3. The highest BCUT2D eigenvalue weighted by Crippen LogP contribution is 2.32. The van der Waals surface area contributed by atoms with E-state index in [1.165, 1.54) is 18.2 Å². The van der Waals surface area contributed by atoms with Crippen molar-refractivity contribution < 1.29 is 19.7 Å². The Balaban J connectivity index is 0.00000261. The van der Waals surface area contributed by atoms with E-state index in [2.05, 4.69) is 5.32 Å². The van der Waals surface area contributed by atoms with E-state index in [9.17, 15) is 13.6 Å². The van der Waals surface area contributed by atoms with Crippen molar-refractivity contribution >= 4 is 11.6 Å². The number of carbonyl (C=O) groups is 1. The van der Waals surface area contributed by atoms with Crippen molar-refractivity contribution in [1.82, 2.24) is 4.57 Å². The second-order valence-electron chi connectivity index (χ2n) is 5.86. The van der Waals surface area contributed by atoms with Crippen molar-refractivity contribution in [3.05, 3.63) is 78.6 Å². The minimum absolute atomic E-state index is 0. The van der Waals surface area contributed by atoms with E-state index in [4.69, 9.17) is 4.74 Å². The average Bonchev–Trinajstić information content (AvgIpc) is 3.15. The number of hydrogen-bond acceptors (Lipinski definition) is 2. The van der Waals surface area contributed by atoms with Gasteiger partial charge in [0, 0.05) is 37.7 Å². The molecule has 3 aromatic rings. The molecule has 6 heteroatoms. The zero-order chi connectivity index (χ0) is 18.6. The van der Waals surface area contributed by atoms with E-state index >= 15 is 0 Å². The largest absolute Gasteiger partial charge is 0.484 e. The van der Waals surface area contributed by atoms with Crippen LogP contribution in [0.1, 0.15) is 13.9 Å². The quantitative estimate of drug-likeness (QED) is 0.684. The molecule has 4 nitrogen and oxygen atoms in total. The van der Waals surface area contributed by atoms with Gasteiger partial charge in [0.05, 0.1) is 0 Å². The van der Waals surface area contributed by atoms with Crippen molar-refractivity contribution in [2.24, 2.45) is 0 Å². The molecule has 26 heavy (non-hydrogen) atoms. The summed E-state index contributed by atoms with van der Waals surface area (Å²) in [7, 11) is 0.